The number of rotatable bonds is 4. The lowest BCUT2D eigenvalue weighted by Gasteiger charge is -2.16. The highest BCUT2D eigenvalue weighted by molar-refractivity contribution is 5.93. The van der Waals surface area contributed by atoms with Crippen LogP contribution in [0.25, 0.3) is 0 Å². The molecule has 0 heterocycles. The molecule has 5 nitrogen and oxygen atoms in total. The van der Waals surface area contributed by atoms with Crippen LogP contribution in [-0.4, -0.2) is 23.2 Å². The molecule has 0 radical (unpaired) electrons. The zero-order valence-corrected chi connectivity index (χ0v) is 12.3. The van der Waals surface area contributed by atoms with Gasteiger partial charge in [-0.25, -0.2) is 0 Å². The van der Waals surface area contributed by atoms with E-state index in [1.54, 1.807) is 18.2 Å². The van der Waals surface area contributed by atoms with Crippen LogP contribution < -0.4 is 10.1 Å². The molecule has 1 aromatic rings. The van der Waals surface area contributed by atoms with Gasteiger partial charge in [0.15, 0.2) is 0 Å². The summed E-state index contributed by atoms with van der Waals surface area (Å²) in [6, 6.07) is 7.05. The van der Waals surface area contributed by atoms with Gasteiger partial charge in [0.25, 0.3) is 0 Å². The highest BCUT2D eigenvalue weighted by atomic mass is 16.5. The molecule has 2 rings (SSSR count). The highest BCUT2D eigenvalue weighted by Gasteiger charge is 2.31. The molecule has 5 heteroatoms. The minimum absolute atomic E-state index is 0.0221. The molecule has 1 aliphatic rings. The Balaban J connectivity index is 2.10. The van der Waals surface area contributed by atoms with Gasteiger partial charge in [0.2, 0.25) is 5.91 Å². The van der Waals surface area contributed by atoms with Crippen LogP contribution in [0, 0.1) is 17.2 Å². The van der Waals surface area contributed by atoms with E-state index >= 15 is 0 Å². The van der Waals surface area contributed by atoms with E-state index in [2.05, 4.69) is 11.4 Å². The molecule has 2 unspecified atom stereocenters. The van der Waals surface area contributed by atoms with Crippen molar-refractivity contribution in [3.05, 3.63) is 23.8 Å². The number of benzene rings is 1. The van der Waals surface area contributed by atoms with Crippen LogP contribution in [0.4, 0.5) is 5.69 Å². The summed E-state index contributed by atoms with van der Waals surface area (Å²) in [5.74, 6) is -0.0463. The SMILES string of the molecule is CC(C)Oc1ccc(NC(=O)C2CCCC2O)cc1C#N. The fourth-order valence-corrected chi connectivity index (χ4v) is 2.53. The van der Waals surface area contributed by atoms with Crippen LogP contribution in [0.3, 0.4) is 0 Å². The van der Waals surface area contributed by atoms with Gasteiger partial charge in [-0.05, 0) is 51.3 Å². The third kappa shape index (κ3) is 3.73. The number of nitrogens with one attached hydrogen (secondary N) is 1. The summed E-state index contributed by atoms with van der Waals surface area (Å²) in [5.41, 5.74) is 0.931. The van der Waals surface area contributed by atoms with Crippen molar-refractivity contribution >= 4 is 11.6 Å². The van der Waals surface area contributed by atoms with E-state index in [1.165, 1.54) is 0 Å². The molecule has 1 saturated carbocycles. The molecule has 112 valence electrons. The topological polar surface area (TPSA) is 82.3 Å². The predicted molar refractivity (Wildman–Crippen MR) is 78.9 cm³/mol. The summed E-state index contributed by atoms with van der Waals surface area (Å²) in [4.78, 5) is 12.1. The second-order valence-corrected chi connectivity index (χ2v) is 5.58. The number of nitrogens with zero attached hydrogens (tertiary/aromatic N) is 1. The van der Waals surface area contributed by atoms with Gasteiger partial charge in [-0.2, -0.15) is 5.26 Å². The lowest BCUT2D eigenvalue weighted by molar-refractivity contribution is -0.122. The lowest BCUT2D eigenvalue weighted by atomic mass is 10.0. The third-order valence-electron chi connectivity index (χ3n) is 3.55. The molecule has 1 fully saturated rings. The molecule has 2 N–H and O–H groups in total. The molecular weight excluding hydrogens is 268 g/mol. The molecule has 0 saturated heterocycles. The number of aliphatic hydroxyl groups excluding tert-OH is 1. The second kappa shape index (κ2) is 6.59. The van der Waals surface area contributed by atoms with Crippen LogP contribution in [0.2, 0.25) is 0 Å². The van der Waals surface area contributed by atoms with Crippen LogP contribution in [-0.2, 0) is 4.79 Å². The molecule has 1 aromatic carbocycles. The van der Waals surface area contributed by atoms with Crippen molar-refractivity contribution in [3.8, 4) is 11.8 Å². The van der Waals surface area contributed by atoms with E-state index in [-0.39, 0.29) is 17.9 Å². The molecule has 1 amide bonds. The number of aliphatic hydroxyl groups is 1. The summed E-state index contributed by atoms with van der Waals surface area (Å²) >= 11 is 0. The lowest BCUT2D eigenvalue weighted by Crippen LogP contribution is -2.28. The Bertz CT molecular complexity index is 563. The number of amides is 1. The molecule has 1 aliphatic carbocycles. The Hall–Kier alpha value is -2.06. The Morgan fingerprint density at radius 1 is 1.48 bits per heavy atom. The predicted octanol–water partition coefficient (Wildman–Crippen LogP) is 2.44. The Morgan fingerprint density at radius 2 is 2.24 bits per heavy atom. The van der Waals surface area contributed by atoms with Gasteiger partial charge in [0, 0.05) is 5.69 Å². The zero-order chi connectivity index (χ0) is 15.4. The van der Waals surface area contributed by atoms with Crippen molar-refractivity contribution in [2.75, 3.05) is 5.32 Å². The maximum absolute atomic E-state index is 12.1. The van der Waals surface area contributed by atoms with E-state index < -0.39 is 6.10 Å². The van der Waals surface area contributed by atoms with Crippen molar-refractivity contribution in [1.29, 1.82) is 5.26 Å². The van der Waals surface area contributed by atoms with E-state index in [0.29, 0.717) is 29.8 Å². The van der Waals surface area contributed by atoms with Gasteiger partial charge in [0.1, 0.15) is 11.8 Å². The number of ether oxygens (including phenoxy) is 1. The average Bonchev–Trinajstić information content (AvgIpc) is 2.86. The Labute approximate surface area is 124 Å². The fraction of sp³-hybridized carbons (Fsp3) is 0.500. The van der Waals surface area contributed by atoms with E-state index in [9.17, 15) is 9.90 Å². The van der Waals surface area contributed by atoms with Crippen molar-refractivity contribution in [3.63, 3.8) is 0 Å². The number of nitriles is 1. The molecule has 0 aromatic heterocycles. The van der Waals surface area contributed by atoms with E-state index in [1.807, 2.05) is 13.8 Å². The van der Waals surface area contributed by atoms with Gasteiger partial charge in [-0.3, -0.25) is 4.79 Å². The molecule has 0 aliphatic heterocycles. The van der Waals surface area contributed by atoms with Gasteiger partial charge in [-0.15, -0.1) is 0 Å². The Kier molecular flexibility index (Phi) is 4.81. The minimum Gasteiger partial charge on any atom is -0.490 e. The smallest absolute Gasteiger partial charge is 0.230 e. The second-order valence-electron chi connectivity index (χ2n) is 5.58. The summed E-state index contributed by atoms with van der Waals surface area (Å²) in [7, 11) is 0. The summed E-state index contributed by atoms with van der Waals surface area (Å²) in [6.07, 6.45) is 1.65. The van der Waals surface area contributed by atoms with Gasteiger partial charge < -0.3 is 15.2 Å². The van der Waals surface area contributed by atoms with Crippen LogP contribution in [0.1, 0.15) is 38.7 Å². The van der Waals surface area contributed by atoms with Gasteiger partial charge in [-0.1, -0.05) is 0 Å². The fourth-order valence-electron chi connectivity index (χ4n) is 2.53. The molecule has 2 atom stereocenters. The third-order valence-corrected chi connectivity index (χ3v) is 3.55. The largest absolute Gasteiger partial charge is 0.490 e. The minimum atomic E-state index is -0.566. The van der Waals surface area contributed by atoms with Crippen molar-refractivity contribution in [2.45, 2.75) is 45.3 Å². The first-order valence-corrected chi connectivity index (χ1v) is 7.21. The van der Waals surface area contributed by atoms with Crippen LogP contribution >= 0.6 is 0 Å². The van der Waals surface area contributed by atoms with Crippen molar-refractivity contribution < 1.29 is 14.6 Å². The molecule has 0 bridgehead atoms. The maximum Gasteiger partial charge on any atom is 0.230 e. The number of carbonyl (C=O) groups excluding carboxylic acids is 1. The number of anilines is 1. The van der Waals surface area contributed by atoms with Gasteiger partial charge in [0.05, 0.1) is 23.7 Å². The molecular formula is C16H20N2O3. The first-order valence-electron chi connectivity index (χ1n) is 7.21. The first-order chi connectivity index (χ1) is 10.0. The summed E-state index contributed by atoms with van der Waals surface area (Å²) in [5, 5.41) is 21.7. The van der Waals surface area contributed by atoms with Crippen LogP contribution in [0.5, 0.6) is 5.75 Å². The average molecular weight is 288 g/mol. The van der Waals surface area contributed by atoms with Crippen molar-refractivity contribution in [2.24, 2.45) is 5.92 Å². The quantitative estimate of drug-likeness (QED) is 0.891. The number of hydrogen-bond acceptors (Lipinski definition) is 4. The molecule has 0 spiro atoms. The first kappa shape index (κ1) is 15.3. The van der Waals surface area contributed by atoms with E-state index in [4.69, 9.17) is 10.00 Å². The zero-order valence-electron chi connectivity index (χ0n) is 12.3. The maximum atomic E-state index is 12.1. The normalized spacial score (nSPS) is 21.1. The summed E-state index contributed by atoms with van der Waals surface area (Å²) in [6.45, 7) is 3.77. The summed E-state index contributed by atoms with van der Waals surface area (Å²) < 4.78 is 5.54. The van der Waals surface area contributed by atoms with Gasteiger partial charge >= 0.3 is 0 Å². The standard InChI is InChI=1S/C16H20N2O3/c1-10(2)21-15-7-6-12(8-11(15)9-17)18-16(20)13-4-3-5-14(13)19/h6-8,10,13-14,19H,3-5H2,1-2H3,(H,18,20). The molecule has 21 heavy (non-hydrogen) atoms. The highest BCUT2D eigenvalue weighted by Crippen LogP contribution is 2.28. The van der Waals surface area contributed by atoms with Crippen molar-refractivity contribution in [1.82, 2.24) is 0 Å². The van der Waals surface area contributed by atoms with Crippen LogP contribution in [0.15, 0.2) is 18.2 Å². The number of hydrogen-bond donors (Lipinski definition) is 2. The number of carbonyl (C=O) groups is 1. The van der Waals surface area contributed by atoms with E-state index in [0.717, 1.165) is 6.42 Å². The Morgan fingerprint density at radius 3 is 2.81 bits per heavy atom. The monoisotopic (exact) mass is 288 g/mol.